The van der Waals surface area contributed by atoms with Crippen LogP contribution in [0.5, 0.6) is 0 Å². The molecule has 5 heteroatoms. The van der Waals surface area contributed by atoms with E-state index in [0.29, 0.717) is 15.8 Å². The van der Waals surface area contributed by atoms with Gasteiger partial charge in [-0.05, 0) is 17.7 Å². The van der Waals surface area contributed by atoms with Gasteiger partial charge in [0.1, 0.15) is 9.23 Å². The van der Waals surface area contributed by atoms with Gasteiger partial charge >= 0.3 is 0 Å². The van der Waals surface area contributed by atoms with Crippen LogP contribution in [0.4, 0.5) is 5.69 Å². The van der Waals surface area contributed by atoms with E-state index in [4.69, 9.17) is 12.2 Å². The third kappa shape index (κ3) is 2.32. The van der Waals surface area contributed by atoms with Gasteiger partial charge in [-0.15, -0.1) is 6.58 Å². The zero-order valence-corrected chi connectivity index (χ0v) is 13.2. The molecule has 0 saturated carbocycles. The lowest BCUT2D eigenvalue weighted by molar-refractivity contribution is -0.121. The molecule has 106 valence electrons. The Bertz CT molecular complexity index is 706. The van der Waals surface area contributed by atoms with Crippen LogP contribution in [0.15, 0.2) is 53.6 Å². The molecular weight excluding hydrogens is 300 g/mol. The topological polar surface area (TPSA) is 23.6 Å². The number of likely N-dealkylation sites (N-methyl/N-ethyl adjacent to an activating group) is 1. The Morgan fingerprint density at radius 1 is 1.33 bits per heavy atom. The summed E-state index contributed by atoms with van der Waals surface area (Å²) in [5.41, 5.74) is 3.12. The molecule has 1 amide bonds. The standard InChI is InChI=1S/C16H14N2OS2/c1-3-10-18-15(19)14(21-16(18)20)13-9-8-11-6-4-5-7-12(11)17(13)2/h3-9H,1,10H2,2H3. The Kier molecular flexibility index (Phi) is 3.69. The maximum atomic E-state index is 12.5. The molecule has 2 aliphatic heterocycles. The summed E-state index contributed by atoms with van der Waals surface area (Å²) in [6, 6.07) is 8.10. The summed E-state index contributed by atoms with van der Waals surface area (Å²) in [4.78, 5) is 16.8. The average Bonchev–Trinajstić information content (AvgIpc) is 2.76. The molecule has 0 aliphatic carbocycles. The molecule has 0 spiro atoms. The molecule has 21 heavy (non-hydrogen) atoms. The van der Waals surface area contributed by atoms with Gasteiger partial charge in [-0.3, -0.25) is 9.69 Å². The number of nitrogens with zero attached hydrogens (tertiary/aromatic N) is 2. The van der Waals surface area contributed by atoms with E-state index in [9.17, 15) is 4.79 Å². The van der Waals surface area contributed by atoms with Gasteiger partial charge in [-0.25, -0.2) is 0 Å². The molecule has 0 N–H and O–H groups in total. The SMILES string of the molecule is C=CCN1C(=O)C(=C2C=Cc3ccccc3N2C)SC1=S. The van der Waals surface area contributed by atoms with Crippen molar-refractivity contribution in [3.8, 4) is 0 Å². The third-order valence-electron chi connectivity index (χ3n) is 3.47. The van der Waals surface area contributed by atoms with Gasteiger partial charge < -0.3 is 4.90 Å². The number of benzene rings is 1. The van der Waals surface area contributed by atoms with E-state index in [1.54, 1.807) is 11.0 Å². The minimum absolute atomic E-state index is 0.0456. The summed E-state index contributed by atoms with van der Waals surface area (Å²) in [7, 11) is 1.97. The van der Waals surface area contributed by atoms with Gasteiger partial charge in [0.15, 0.2) is 0 Å². The number of para-hydroxylation sites is 1. The van der Waals surface area contributed by atoms with Gasteiger partial charge in [0.05, 0.1) is 5.70 Å². The van der Waals surface area contributed by atoms with Crippen LogP contribution >= 0.6 is 24.0 Å². The Morgan fingerprint density at radius 3 is 2.86 bits per heavy atom. The third-order valence-corrected chi connectivity index (χ3v) is 4.93. The number of anilines is 1. The summed E-state index contributed by atoms with van der Waals surface area (Å²) < 4.78 is 0.586. The molecule has 1 aromatic carbocycles. The molecule has 3 rings (SSSR count). The van der Waals surface area contributed by atoms with Crippen LogP contribution in [-0.2, 0) is 4.79 Å². The summed E-state index contributed by atoms with van der Waals surface area (Å²) in [6.45, 7) is 4.12. The second-order valence-corrected chi connectivity index (χ2v) is 6.38. The van der Waals surface area contributed by atoms with Crippen LogP contribution in [0.1, 0.15) is 5.56 Å². The van der Waals surface area contributed by atoms with E-state index in [1.165, 1.54) is 11.8 Å². The molecule has 0 unspecified atom stereocenters. The predicted molar refractivity (Wildman–Crippen MR) is 93.0 cm³/mol. The first-order valence-corrected chi connectivity index (χ1v) is 7.75. The molecule has 2 heterocycles. The lowest BCUT2D eigenvalue weighted by atomic mass is 10.1. The second-order valence-electron chi connectivity index (χ2n) is 4.74. The molecular formula is C16H14N2OS2. The van der Waals surface area contributed by atoms with Crippen molar-refractivity contribution in [3.63, 3.8) is 0 Å². The Labute approximate surface area is 133 Å². The van der Waals surface area contributed by atoms with E-state index >= 15 is 0 Å². The van der Waals surface area contributed by atoms with Crippen molar-refractivity contribution in [2.45, 2.75) is 0 Å². The molecule has 3 nitrogen and oxygen atoms in total. The Hall–Kier alpha value is -1.85. The zero-order valence-electron chi connectivity index (χ0n) is 11.6. The minimum atomic E-state index is -0.0456. The molecule has 1 fully saturated rings. The van der Waals surface area contributed by atoms with Crippen molar-refractivity contribution in [2.75, 3.05) is 18.5 Å². The lowest BCUT2D eigenvalue weighted by Gasteiger charge is -2.27. The maximum absolute atomic E-state index is 12.5. The number of thioether (sulfide) groups is 1. The van der Waals surface area contributed by atoms with Crippen LogP contribution in [0.3, 0.4) is 0 Å². The summed E-state index contributed by atoms with van der Waals surface area (Å²) in [5.74, 6) is -0.0456. The first-order chi connectivity index (χ1) is 10.1. The minimum Gasteiger partial charge on any atom is -0.343 e. The number of rotatable bonds is 2. The summed E-state index contributed by atoms with van der Waals surface area (Å²) in [5, 5.41) is 0. The maximum Gasteiger partial charge on any atom is 0.268 e. The molecule has 2 aliphatic rings. The molecule has 0 atom stereocenters. The van der Waals surface area contributed by atoms with Crippen LogP contribution in [0.25, 0.3) is 6.08 Å². The number of hydrogen-bond donors (Lipinski definition) is 0. The van der Waals surface area contributed by atoms with Crippen molar-refractivity contribution < 1.29 is 4.79 Å². The fraction of sp³-hybridized carbons (Fsp3) is 0.125. The number of fused-ring (bicyclic) bond motifs is 1. The van der Waals surface area contributed by atoms with Crippen LogP contribution < -0.4 is 4.90 Å². The van der Waals surface area contributed by atoms with Gasteiger partial charge in [-0.1, -0.05) is 54.3 Å². The van der Waals surface area contributed by atoms with E-state index in [2.05, 4.69) is 12.6 Å². The number of carbonyl (C=O) groups is 1. The largest absolute Gasteiger partial charge is 0.343 e. The fourth-order valence-electron chi connectivity index (χ4n) is 2.41. The van der Waals surface area contributed by atoms with Crippen molar-refractivity contribution in [2.24, 2.45) is 0 Å². The monoisotopic (exact) mass is 314 g/mol. The molecule has 0 bridgehead atoms. The number of amides is 1. The Balaban J connectivity index is 2.04. The van der Waals surface area contributed by atoms with Crippen LogP contribution in [0, 0.1) is 0 Å². The van der Waals surface area contributed by atoms with Crippen LogP contribution in [0.2, 0.25) is 0 Å². The predicted octanol–water partition coefficient (Wildman–Crippen LogP) is 3.41. The number of allylic oxidation sites excluding steroid dienone is 1. The fourth-order valence-corrected chi connectivity index (χ4v) is 3.77. The highest BCUT2D eigenvalue weighted by Gasteiger charge is 2.34. The highest BCUT2D eigenvalue weighted by atomic mass is 32.2. The van der Waals surface area contributed by atoms with Gasteiger partial charge in [0, 0.05) is 19.3 Å². The zero-order chi connectivity index (χ0) is 15.0. The summed E-state index contributed by atoms with van der Waals surface area (Å²) in [6.07, 6.45) is 5.70. The molecule has 1 saturated heterocycles. The van der Waals surface area contributed by atoms with Crippen molar-refractivity contribution in [3.05, 3.63) is 59.2 Å². The average molecular weight is 314 g/mol. The molecule has 0 aromatic heterocycles. The number of carbonyl (C=O) groups excluding carboxylic acids is 1. The lowest BCUT2D eigenvalue weighted by Crippen LogP contribution is -2.29. The quantitative estimate of drug-likeness (QED) is 0.474. The van der Waals surface area contributed by atoms with Crippen LogP contribution in [-0.4, -0.2) is 28.7 Å². The van der Waals surface area contributed by atoms with Crippen molar-refractivity contribution in [1.82, 2.24) is 4.90 Å². The van der Waals surface area contributed by atoms with E-state index in [0.717, 1.165) is 16.9 Å². The first kappa shape index (κ1) is 14.1. The van der Waals surface area contributed by atoms with E-state index in [1.807, 2.05) is 42.3 Å². The van der Waals surface area contributed by atoms with Crippen molar-refractivity contribution in [1.29, 1.82) is 0 Å². The smallest absolute Gasteiger partial charge is 0.268 e. The van der Waals surface area contributed by atoms with Gasteiger partial charge in [0.2, 0.25) is 0 Å². The van der Waals surface area contributed by atoms with Gasteiger partial charge in [-0.2, -0.15) is 0 Å². The normalized spacial score (nSPS) is 21.0. The molecule has 1 aromatic rings. The second kappa shape index (κ2) is 5.50. The van der Waals surface area contributed by atoms with Crippen molar-refractivity contribution >= 4 is 46.0 Å². The number of thiocarbonyl (C=S) groups is 1. The van der Waals surface area contributed by atoms with Gasteiger partial charge in [0.25, 0.3) is 5.91 Å². The number of hydrogen-bond acceptors (Lipinski definition) is 4. The highest BCUT2D eigenvalue weighted by Crippen LogP contribution is 2.38. The Morgan fingerprint density at radius 2 is 2.10 bits per heavy atom. The first-order valence-electron chi connectivity index (χ1n) is 6.53. The van der Waals surface area contributed by atoms with E-state index in [-0.39, 0.29) is 5.91 Å². The molecule has 0 radical (unpaired) electrons. The van der Waals surface area contributed by atoms with E-state index < -0.39 is 0 Å². The highest BCUT2D eigenvalue weighted by molar-refractivity contribution is 8.26. The summed E-state index contributed by atoms with van der Waals surface area (Å²) >= 11 is 6.64.